The summed E-state index contributed by atoms with van der Waals surface area (Å²) in [6.07, 6.45) is 0.175. The summed E-state index contributed by atoms with van der Waals surface area (Å²) in [6, 6.07) is 6.67. The molecule has 0 bridgehead atoms. The van der Waals surface area contributed by atoms with Gasteiger partial charge in [-0.05, 0) is 42.3 Å². The van der Waals surface area contributed by atoms with Crippen LogP contribution in [0.2, 0.25) is 15.2 Å². The lowest BCUT2D eigenvalue weighted by molar-refractivity contribution is -0.121. The SMILES string of the molecule is Cc1cc(Cl)cc(Cl)c1CC(=O)NC1COc2nc(Cl)ccc21. The predicted molar refractivity (Wildman–Crippen MR) is 90.5 cm³/mol. The van der Waals surface area contributed by atoms with Gasteiger partial charge in [-0.15, -0.1) is 0 Å². The molecule has 1 amide bonds. The van der Waals surface area contributed by atoms with Gasteiger partial charge < -0.3 is 10.1 Å². The van der Waals surface area contributed by atoms with E-state index in [0.717, 1.165) is 16.7 Å². The first kappa shape index (κ1) is 16.4. The fourth-order valence-corrected chi connectivity index (χ4v) is 3.34. The fourth-order valence-electron chi connectivity index (χ4n) is 2.54. The molecule has 0 saturated carbocycles. The summed E-state index contributed by atoms with van der Waals surface area (Å²) < 4.78 is 5.45. The van der Waals surface area contributed by atoms with Gasteiger partial charge in [0.15, 0.2) is 0 Å². The second-order valence-corrected chi connectivity index (χ2v) is 6.55. The van der Waals surface area contributed by atoms with Gasteiger partial charge in [0, 0.05) is 15.6 Å². The maximum Gasteiger partial charge on any atom is 0.225 e. The third kappa shape index (κ3) is 3.55. The van der Waals surface area contributed by atoms with Crippen LogP contribution in [-0.2, 0) is 11.2 Å². The van der Waals surface area contributed by atoms with E-state index in [1.807, 2.05) is 13.0 Å². The first-order valence-corrected chi connectivity index (χ1v) is 8.10. The molecule has 1 aromatic carbocycles. The van der Waals surface area contributed by atoms with Gasteiger partial charge in [0.2, 0.25) is 11.8 Å². The Labute approximate surface area is 148 Å². The number of aryl methyl sites for hydroxylation is 1. The van der Waals surface area contributed by atoms with Gasteiger partial charge >= 0.3 is 0 Å². The van der Waals surface area contributed by atoms with Crippen LogP contribution < -0.4 is 10.1 Å². The molecule has 0 radical (unpaired) electrons. The van der Waals surface area contributed by atoms with Gasteiger partial charge in [-0.3, -0.25) is 4.79 Å². The molecule has 1 unspecified atom stereocenters. The first-order valence-electron chi connectivity index (χ1n) is 6.97. The second kappa shape index (κ2) is 6.56. The van der Waals surface area contributed by atoms with Crippen LogP contribution in [0.4, 0.5) is 0 Å². The highest BCUT2D eigenvalue weighted by molar-refractivity contribution is 6.35. The maximum absolute atomic E-state index is 12.3. The van der Waals surface area contributed by atoms with Crippen molar-refractivity contribution in [2.75, 3.05) is 6.61 Å². The topological polar surface area (TPSA) is 51.2 Å². The van der Waals surface area contributed by atoms with Gasteiger partial charge in [0.05, 0.1) is 12.5 Å². The van der Waals surface area contributed by atoms with E-state index in [2.05, 4.69) is 10.3 Å². The first-order chi connectivity index (χ1) is 10.9. The highest BCUT2D eigenvalue weighted by Gasteiger charge is 2.27. The molecule has 2 heterocycles. The lowest BCUT2D eigenvalue weighted by atomic mass is 10.0. The number of fused-ring (bicyclic) bond motifs is 1. The van der Waals surface area contributed by atoms with Crippen LogP contribution in [0.1, 0.15) is 22.7 Å². The Morgan fingerprint density at radius 2 is 2.13 bits per heavy atom. The number of nitrogens with zero attached hydrogens (tertiary/aromatic N) is 1. The third-order valence-corrected chi connectivity index (χ3v) is 4.44. The summed E-state index contributed by atoms with van der Waals surface area (Å²) >= 11 is 18.0. The van der Waals surface area contributed by atoms with Crippen LogP contribution >= 0.6 is 34.8 Å². The number of benzene rings is 1. The van der Waals surface area contributed by atoms with Crippen molar-refractivity contribution < 1.29 is 9.53 Å². The summed E-state index contributed by atoms with van der Waals surface area (Å²) in [5, 5.41) is 4.33. The number of carbonyl (C=O) groups is 1. The zero-order chi connectivity index (χ0) is 16.6. The van der Waals surface area contributed by atoms with Crippen LogP contribution in [0.15, 0.2) is 24.3 Å². The van der Waals surface area contributed by atoms with Crippen LogP contribution in [0.25, 0.3) is 0 Å². The van der Waals surface area contributed by atoms with E-state index in [1.165, 1.54) is 0 Å². The Kier molecular flexibility index (Phi) is 4.67. The zero-order valence-electron chi connectivity index (χ0n) is 12.2. The number of amides is 1. The molecule has 0 saturated heterocycles. The number of pyridine rings is 1. The number of nitrogens with one attached hydrogen (secondary N) is 1. The van der Waals surface area contributed by atoms with Crippen molar-refractivity contribution in [1.29, 1.82) is 0 Å². The number of hydrogen-bond acceptors (Lipinski definition) is 3. The third-order valence-electron chi connectivity index (χ3n) is 3.67. The van der Waals surface area contributed by atoms with Crippen molar-refractivity contribution in [2.24, 2.45) is 0 Å². The van der Waals surface area contributed by atoms with E-state index in [4.69, 9.17) is 39.5 Å². The molecule has 4 nitrogen and oxygen atoms in total. The molecule has 23 heavy (non-hydrogen) atoms. The number of aromatic nitrogens is 1. The minimum atomic E-state index is -0.242. The molecule has 1 aliphatic rings. The molecular formula is C16H13Cl3N2O2. The molecule has 120 valence electrons. The van der Waals surface area contributed by atoms with Crippen molar-refractivity contribution in [3.05, 3.63) is 56.2 Å². The summed E-state index contributed by atoms with van der Waals surface area (Å²) in [5.74, 6) is 0.317. The van der Waals surface area contributed by atoms with Gasteiger partial charge in [-0.1, -0.05) is 34.8 Å². The Hall–Kier alpha value is -1.49. The number of carbonyl (C=O) groups excluding carboxylic acids is 1. The van der Waals surface area contributed by atoms with Crippen LogP contribution in [0, 0.1) is 6.92 Å². The molecule has 0 spiro atoms. The van der Waals surface area contributed by atoms with E-state index >= 15 is 0 Å². The van der Waals surface area contributed by atoms with E-state index in [1.54, 1.807) is 18.2 Å². The molecule has 1 N–H and O–H groups in total. The lowest BCUT2D eigenvalue weighted by Crippen LogP contribution is -2.30. The Balaban J connectivity index is 1.72. The molecule has 2 aromatic rings. The smallest absolute Gasteiger partial charge is 0.225 e. The lowest BCUT2D eigenvalue weighted by Gasteiger charge is -2.13. The van der Waals surface area contributed by atoms with Crippen molar-refractivity contribution in [3.8, 4) is 5.88 Å². The Morgan fingerprint density at radius 3 is 2.87 bits per heavy atom. The Bertz CT molecular complexity index is 757. The predicted octanol–water partition coefficient (Wildman–Crippen LogP) is 4.14. The Morgan fingerprint density at radius 1 is 1.35 bits per heavy atom. The van der Waals surface area contributed by atoms with Gasteiger partial charge in [-0.2, -0.15) is 0 Å². The van der Waals surface area contributed by atoms with Crippen molar-refractivity contribution in [2.45, 2.75) is 19.4 Å². The summed E-state index contributed by atoms with van der Waals surface area (Å²) in [5.41, 5.74) is 2.47. The maximum atomic E-state index is 12.3. The van der Waals surface area contributed by atoms with Gasteiger partial charge in [0.1, 0.15) is 11.8 Å². The quantitative estimate of drug-likeness (QED) is 0.825. The summed E-state index contributed by atoms with van der Waals surface area (Å²) in [4.78, 5) is 16.4. The molecule has 7 heteroatoms. The second-order valence-electron chi connectivity index (χ2n) is 5.32. The number of hydrogen-bond donors (Lipinski definition) is 1. The minimum Gasteiger partial charge on any atom is -0.475 e. The average molecular weight is 372 g/mol. The summed E-state index contributed by atoms with van der Waals surface area (Å²) in [6.45, 7) is 2.21. The monoisotopic (exact) mass is 370 g/mol. The highest BCUT2D eigenvalue weighted by Crippen LogP contribution is 2.32. The van der Waals surface area contributed by atoms with Crippen LogP contribution in [0.3, 0.4) is 0 Å². The molecule has 1 aromatic heterocycles. The molecule has 0 aliphatic carbocycles. The van der Waals surface area contributed by atoms with E-state index in [0.29, 0.717) is 27.7 Å². The van der Waals surface area contributed by atoms with E-state index < -0.39 is 0 Å². The van der Waals surface area contributed by atoms with Crippen LogP contribution in [0.5, 0.6) is 5.88 Å². The zero-order valence-corrected chi connectivity index (χ0v) is 14.5. The number of ether oxygens (including phenoxy) is 1. The standard InChI is InChI=1S/C16H13Cl3N2O2/c1-8-4-9(17)5-12(18)11(8)6-15(22)20-13-7-23-16-10(13)2-3-14(19)21-16/h2-5,13H,6-7H2,1H3,(H,20,22). The molecular weight excluding hydrogens is 359 g/mol. The summed E-state index contributed by atoms with van der Waals surface area (Å²) in [7, 11) is 0. The average Bonchev–Trinajstić information content (AvgIpc) is 2.85. The molecule has 1 aliphatic heterocycles. The van der Waals surface area contributed by atoms with Crippen LogP contribution in [-0.4, -0.2) is 17.5 Å². The van der Waals surface area contributed by atoms with Crippen molar-refractivity contribution in [1.82, 2.24) is 10.3 Å². The largest absolute Gasteiger partial charge is 0.475 e. The van der Waals surface area contributed by atoms with E-state index in [-0.39, 0.29) is 18.4 Å². The molecule has 0 fully saturated rings. The number of halogens is 3. The van der Waals surface area contributed by atoms with E-state index in [9.17, 15) is 4.79 Å². The molecule has 3 rings (SSSR count). The molecule has 1 atom stereocenters. The normalized spacial score (nSPS) is 15.9. The highest BCUT2D eigenvalue weighted by atomic mass is 35.5. The van der Waals surface area contributed by atoms with Crippen molar-refractivity contribution >= 4 is 40.7 Å². The fraction of sp³-hybridized carbons (Fsp3) is 0.250. The van der Waals surface area contributed by atoms with Crippen molar-refractivity contribution in [3.63, 3.8) is 0 Å². The number of rotatable bonds is 3. The van der Waals surface area contributed by atoms with Gasteiger partial charge in [-0.25, -0.2) is 4.98 Å². The van der Waals surface area contributed by atoms with Gasteiger partial charge in [0.25, 0.3) is 0 Å². The minimum absolute atomic E-state index is 0.145.